The molecule has 152 valence electrons. The summed E-state index contributed by atoms with van der Waals surface area (Å²) in [6, 6.07) is 16.2. The summed E-state index contributed by atoms with van der Waals surface area (Å²) in [5.74, 6) is 0.463. The number of hydrogen-bond acceptors (Lipinski definition) is 5. The first-order valence-electron chi connectivity index (χ1n) is 8.88. The second-order valence-corrected chi connectivity index (χ2v) is 8.12. The third-order valence-electron chi connectivity index (χ3n) is 4.42. The highest BCUT2D eigenvalue weighted by atomic mass is 32.2. The van der Waals surface area contributed by atoms with Crippen molar-refractivity contribution in [2.24, 2.45) is 0 Å². The smallest absolute Gasteiger partial charge is 0.242 e. The molecule has 29 heavy (non-hydrogen) atoms. The lowest BCUT2D eigenvalue weighted by molar-refractivity contribution is -0.117. The van der Waals surface area contributed by atoms with Crippen LogP contribution >= 0.6 is 0 Å². The molecule has 0 radical (unpaired) electrons. The Hall–Kier alpha value is -3.10. The molecule has 0 aromatic heterocycles. The highest BCUT2D eigenvalue weighted by Gasteiger charge is 2.23. The van der Waals surface area contributed by atoms with E-state index in [0.717, 1.165) is 10.8 Å². The Morgan fingerprint density at radius 1 is 0.931 bits per heavy atom. The first-order chi connectivity index (χ1) is 13.8. The number of methoxy groups -OCH3 is 2. The third kappa shape index (κ3) is 4.67. The molecule has 3 rings (SSSR count). The van der Waals surface area contributed by atoms with Crippen LogP contribution in [0.3, 0.4) is 0 Å². The largest absolute Gasteiger partial charge is 0.497 e. The summed E-state index contributed by atoms with van der Waals surface area (Å²) in [5.41, 5.74) is 0.412. The first kappa shape index (κ1) is 20.6. The SMILES string of the molecule is COc1ccc(NC(=O)[C@@H](C)NS(=O)(=O)c2ccc3ccccc3c2)c(OC)c1. The van der Waals surface area contributed by atoms with Crippen LogP contribution in [-0.2, 0) is 14.8 Å². The van der Waals surface area contributed by atoms with Gasteiger partial charge in [0.2, 0.25) is 15.9 Å². The Labute approximate surface area is 169 Å². The molecule has 2 N–H and O–H groups in total. The van der Waals surface area contributed by atoms with E-state index >= 15 is 0 Å². The van der Waals surface area contributed by atoms with E-state index in [2.05, 4.69) is 10.0 Å². The summed E-state index contributed by atoms with van der Waals surface area (Å²) in [6.45, 7) is 1.48. The lowest BCUT2D eigenvalue weighted by atomic mass is 10.1. The van der Waals surface area contributed by atoms with E-state index in [-0.39, 0.29) is 4.90 Å². The van der Waals surface area contributed by atoms with Crippen LogP contribution in [0.5, 0.6) is 11.5 Å². The van der Waals surface area contributed by atoms with Crippen LogP contribution in [-0.4, -0.2) is 34.6 Å². The number of ether oxygens (including phenoxy) is 2. The maximum Gasteiger partial charge on any atom is 0.242 e. The molecule has 3 aromatic carbocycles. The average molecular weight is 414 g/mol. The summed E-state index contributed by atoms with van der Waals surface area (Å²) >= 11 is 0. The lowest BCUT2D eigenvalue weighted by Crippen LogP contribution is -2.41. The van der Waals surface area contributed by atoms with Crippen LogP contribution in [0.25, 0.3) is 10.8 Å². The number of sulfonamides is 1. The molecule has 0 saturated heterocycles. The topological polar surface area (TPSA) is 93.7 Å². The predicted octanol–water partition coefficient (Wildman–Crippen LogP) is 3.16. The molecule has 0 unspecified atom stereocenters. The summed E-state index contributed by atoms with van der Waals surface area (Å²) in [7, 11) is -0.884. The maximum absolute atomic E-state index is 12.7. The van der Waals surface area contributed by atoms with Gasteiger partial charge >= 0.3 is 0 Å². The van der Waals surface area contributed by atoms with Crippen molar-refractivity contribution in [3.8, 4) is 11.5 Å². The Morgan fingerprint density at radius 2 is 1.66 bits per heavy atom. The zero-order valence-electron chi connectivity index (χ0n) is 16.3. The second kappa shape index (κ2) is 8.50. The number of carbonyl (C=O) groups is 1. The maximum atomic E-state index is 12.7. The van der Waals surface area contributed by atoms with E-state index in [1.54, 1.807) is 30.3 Å². The molecule has 0 spiro atoms. The minimum Gasteiger partial charge on any atom is -0.497 e. The van der Waals surface area contributed by atoms with Gasteiger partial charge in [-0.25, -0.2) is 8.42 Å². The van der Waals surface area contributed by atoms with Crippen LogP contribution in [0.4, 0.5) is 5.69 Å². The fourth-order valence-corrected chi connectivity index (χ4v) is 4.07. The van der Waals surface area contributed by atoms with Gasteiger partial charge in [-0.05, 0) is 42.0 Å². The van der Waals surface area contributed by atoms with Crippen molar-refractivity contribution in [3.63, 3.8) is 0 Å². The van der Waals surface area contributed by atoms with Gasteiger partial charge in [0.15, 0.2) is 0 Å². The molecule has 8 heteroatoms. The van der Waals surface area contributed by atoms with Crippen LogP contribution in [0.1, 0.15) is 6.92 Å². The van der Waals surface area contributed by atoms with Gasteiger partial charge in [0.05, 0.1) is 30.8 Å². The van der Waals surface area contributed by atoms with Crippen molar-refractivity contribution in [2.45, 2.75) is 17.9 Å². The molecule has 0 fully saturated rings. The molecule has 0 heterocycles. The van der Waals surface area contributed by atoms with E-state index in [1.165, 1.54) is 27.2 Å². The number of rotatable bonds is 7. The van der Waals surface area contributed by atoms with Crippen LogP contribution in [0.2, 0.25) is 0 Å². The molecule has 0 aliphatic carbocycles. The van der Waals surface area contributed by atoms with Crippen molar-refractivity contribution in [1.29, 1.82) is 0 Å². The quantitative estimate of drug-likeness (QED) is 0.619. The van der Waals surface area contributed by atoms with Crippen molar-refractivity contribution < 1.29 is 22.7 Å². The van der Waals surface area contributed by atoms with Gasteiger partial charge in [0, 0.05) is 6.07 Å². The van der Waals surface area contributed by atoms with E-state index in [4.69, 9.17) is 9.47 Å². The minimum absolute atomic E-state index is 0.0953. The standard InChI is InChI=1S/C21H22N2O5S/c1-14(21(24)22-19-11-9-17(27-2)13-20(19)28-3)23-29(25,26)18-10-8-15-6-4-5-7-16(15)12-18/h4-14,23H,1-3H3,(H,22,24)/t14-/m1/s1. The fourth-order valence-electron chi connectivity index (χ4n) is 2.83. The third-order valence-corrected chi connectivity index (χ3v) is 5.96. The molecule has 1 amide bonds. The fraction of sp³-hybridized carbons (Fsp3) is 0.190. The van der Waals surface area contributed by atoms with Crippen molar-refractivity contribution in [3.05, 3.63) is 60.7 Å². The Morgan fingerprint density at radius 3 is 2.34 bits per heavy atom. The van der Waals surface area contributed by atoms with Gasteiger partial charge in [0.25, 0.3) is 0 Å². The Bertz CT molecular complexity index is 1140. The first-order valence-corrected chi connectivity index (χ1v) is 10.4. The minimum atomic E-state index is -3.88. The Kier molecular flexibility index (Phi) is 6.05. The monoisotopic (exact) mass is 414 g/mol. The van der Waals surface area contributed by atoms with Crippen molar-refractivity contribution >= 4 is 32.4 Å². The van der Waals surface area contributed by atoms with Gasteiger partial charge in [-0.3, -0.25) is 4.79 Å². The molecule has 7 nitrogen and oxygen atoms in total. The van der Waals surface area contributed by atoms with E-state index < -0.39 is 22.0 Å². The van der Waals surface area contributed by atoms with Gasteiger partial charge in [-0.15, -0.1) is 0 Å². The number of amides is 1. The molecule has 3 aromatic rings. The molecular formula is C21H22N2O5S. The van der Waals surface area contributed by atoms with E-state index in [0.29, 0.717) is 17.2 Å². The van der Waals surface area contributed by atoms with Gasteiger partial charge in [-0.1, -0.05) is 30.3 Å². The number of fused-ring (bicyclic) bond motifs is 1. The Balaban J connectivity index is 1.76. The predicted molar refractivity (Wildman–Crippen MR) is 112 cm³/mol. The van der Waals surface area contributed by atoms with E-state index in [9.17, 15) is 13.2 Å². The van der Waals surface area contributed by atoms with Gasteiger partial charge in [0.1, 0.15) is 11.5 Å². The molecule has 0 saturated carbocycles. The molecule has 1 atom stereocenters. The number of nitrogens with one attached hydrogen (secondary N) is 2. The molecule has 0 aliphatic heterocycles. The average Bonchev–Trinajstić information content (AvgIpc) is 2.73. The zero-order chi connectivity index (χ0) is 21.0. The normalized spacial score (nSPS) is 12.4. The summed E-state index contributed by atoms with van der Waals surface area (Å²) in [5, 5.41) is 4.41. The zero-order valence-corrected chi connectivity index (χ0v) is 17.1. The van der Waals surface area contributed by atoms with Crippen LogP contribution in [0.15, 0.2) is 65.6 Å². The molecule has 0 bridgehead atoms. The highest BCUT2D eigenvalue weighted by molar-refractivity contribution is 7.89. The molecular weight excluding hydrogens is 392 g/mol. The van der Waals surface area contributed by atoms with Gasteiger partial charge in [-0.2, -0.15) is 4.72 Å². The summed E-state index contributed by atoms with van der Waals surface area (Å²) in [4.78, 5) is 12.6. The number of hydrogen-bond donors (Lipinski definition) is 2. The highest BCUT2D eigenvalue weighted by Crippen LogP contribution is 2.29. The van der Waals surface area contributed by atoms with Crippen LogP contribution < -0.4 is 19.5 Å². The number of carbonyl (C=O) groups excluding carboxylic acids is 1. The van der Waals surface area contributed by atoms with Crippen molar-refractivity contribution in [1.82, 2.24) is 4.72 Å². The van der Waals surface area contributed by atoms with E-state index in [1.807, 2.05) is 24.3 Å². The summed E-state index contributed by atoms with van der Waals surface area (Å²) in [6.07, 6.45) is 0. The molecule has 0 aliphatic rings. The summed E-state index contributed by atoms with van der Waals surface area (Å²) < 4.78 is 38.2. The van der Waals surface area contributed by atoms with Crippen molar-refractivity contribution in [2.75, 3.05) is 19.5 Å². The second-order valence-electron chi connectivity index (χ2n) is 6.41. The lowest BCUT2D eigenvalue weighted by Gasteiger charge is -2.16. The van der Waals surface area contributed by atoms with Crippen LogP contribution in [0, 0.1) is 0 Å². The number of benzene rings is 3. The van der Waals surface area contributed by atoms with Gasteiger partial charge < -0.3 is 14.8 Å². The number of anilines is 1.